The molecule has 0 radical (unpaired) electrons. The Kier molecular flexibility index (Phi) is 5.39. The third kappa shape index (κ3) is 3.57. The summed E-state index contributed by atoms with van der Waals surface area (Å²) in [4.78, 5) is 16.3. The van der Waals surface area contributed by atoms with Gasteiger partial charge < -0.3 is 9.47 Å². The molecule has 0 N–H and O–H groups in total. The summed E-state index contributed by atoms with van der Waals surface area (Å²) in [6.07, 6.45) is 0. The smallest absolute Gasteiger partial charge is 0.345 e. The monoisotopic (exact) mass is 319 g/mol. The molecule has 2 aromatic rings. The fourth-order valence-corrected chi connectivity index (χ4v) is 2.31. The molecule has 0 bridgehead atoms. The van der Waals surface area contributed by atoms with Gasteiger partial charge in [-0.25, -0.2) is 9.78 Å². The predicted molar refractivity (Wildman–Crippen MR) is 85.5 cm³/mol. The molecule has 0 spiro atoms. The van der Waals surface area contributed by atoms with E-state index in [0.29, 0.717) is 12.4 Å². The number of ether oxygens (including phenoxy) is 2. The minimum atomic E-state index is -0.522. The van der Waals surface area contributed by atoms with E-state index in [1.807, 2.05) is 44.2 Å². The molecule has 0 fully saturated rings. The summed E-state index contributed by atoms with van der Waals surface area (Å²) in [6.45, 7) is 6.02. The first kappa shape index (κ1) is 16.3. The summed E-state index contributed by atoms with van der Waals surface area (Å²) in [6, 6.07) is 9.71. The Morgan fingerprint density at radius 1 is 1.23 bits per heavy atom. The van der Waals surface area contributed by atoms with Crippen LogP contribution < -0.4 is 4.74 Å². The molecule has 0 atom stereocenters. The van der Waals surface area contributed by atoms with E-state index in [1.54, 1.807) is 6.92 Å². The van der Waals surface area contributed by atoms with E-state index in [-0.39, 0.29) is 17.3 Å². The summed E-state index contributed by atoms with van der Waals surface area (Å²) in [7, 11) is 0. The Morgan fingerprint density at radius 3 is 2.55 bits per heavy atom. The van der Waals surface area contributed by atoms with Gasteiger partial charge in [-0.1, -0.05) is 41.9 Å². The number of hydrogen-bond donors (Lipinski definition) is 0. The number of esters is 1. The lowest BCUT2D eigenvalue weighted by molar-refractivity contribution is 0.0520. The van der Waals surface area contributed by atoms with Crippen molar-refractivity contribution in [3.63, 3.8) is 0 Å². The van der Waals surface area contributed by atoms with E-state index >= 15 is 0 Å². The van der Waals surface area contributed by atoms with E-state index in [1.165, 1.54) is 0 Å². The third-order valence-corrected chi connectivity index (χ3v) is 3.56. The molecule has 0 unspecified atom stereocenters. The lowest BCUT2D eigenvalue weighted by Crippen LogP contribution is -2.12. The van der Waals surface area contributed by atoms with E-state index in [9.17, 15) is 4.79 Å². The molecule has 5 heteroatoms. The number of rotatable bonds is 5. The van der Waals surface area contributed by atoms with Gasteiger partial charge in [0, 0.05) is 11.3 Å². The van der Waals surface area contributed by atoms with Crippen LogP contribution >= 0.6 is 11.6 Å². The molecule has 116 valence electrons. The summed E-state index contributed by atoms with van der Waals surface area (Å²) < 4.78 is 10.9. The molecule has 0 aliphatic carbocycles. The maximum Gasteiger partial charge on any atom is 0.345 e. The van der Waals surface area contributed by atoms with Crippen LogP contribution in [-0.4, -0.2) is 17.6 Å². The number of nitrogens with zero attached hydrogens (tertiary/aromatic N) is 1. The van der Waals surface area contributed by atoms with Gasteiger partial charge in [-0.05, 0) is 26.3 Å². The first-order chi connectivity index (χ1) is 10.5. The van der Waals surface area contributed by atoms with E-state index in [0.717, 1.165) is 16.8 Å². The maximum absolute atomic E-state index is 12.1. The number of halogens is 1. The van der Waals surface area contributed by atoms with Crippen molar-refractivity contribution >= 4 is 17.6 Å². The Balaban J connectivity index is 2.37. The van der Waals surface area contributed by atoms with Crippen molar-refractivity contribution in [2.75, 3.05) is 6.61 Å². The van der Waals surface area contributed by atoms with Gasteiger partial charge in [0.15, 0.2) is 0 Å². The molecule has 1 heterocycles. The minimum Gasteiger partial charge on any atom is -0.488 e. The number of hydrogen-bond acceptors (Lipinski definition) is 4. The molecule has 0 amide bonds. The average molecular weight is 320 g/mol. The van der Waals surface area contributed by atoms with Gasteiger partial charge in [0.1, 0.15) is 23.1 Å². The zero-order valence-electron chi connectivity index (χ0n) is 12.9. The van der Waals surface area contributed by atoms with Crippen LogP contribution in [0.1, 0.15) is 34.1 Å². The molecule has 0 aliphatic heterocycles. The largest absolute Gasteiger partial charge is 0.488 e. The predicted octanol–water partition coefficient (Wildman–Crippen LogP) is 4.11. The topological polar surface area (TPSA) is 48.4 Å². The minimum absolute atomic E-state index is 0.101. The Morgan fingerprint density at radius 2 is 1.91 bits per heavy atom. The lowest BCUT2D eigenvalue weighted by atomic mass is 10.1. The van der Waals surface area contributed by atoms with Gasteiger partial charge in [-0.3, -0.25) is 0 Å². The van der Waals surface area contributed by atoms with Gasteiger partial charge >= 0.3 is 5.97 Å². The van der Waals surface area contributed by atoms with Crippen molar-refractivity contribution in [2.24, 2.45) is 0 Å². The van der Waals surface area contributed by atoms with E-state index in [2.05, 4.69) is 4.98 Å². The fraction of sp³-hybridized carbons (Fsp3) is 0.294. The molecule has 0 saturated heterocycles. The Bertz CT molecular complexity index is 671. The van der Waals surface area contributed by atoms with Crippen LogP contribution in [0.15, 0.2) is 30.3 Å². The number of carbonyl (C=O) groups is 1. The average Bonchev–Trinajstić information content (AvgIpc) is 2.50. The maximum atomic E-state index is 12.1. The Hall–Kier alpha value is -2.07. The summed E-state index contributed by atoms with van der Waals surface area (Å²) in [5, 5.41) is 0.101. The van der Waals surface area contributed by atoms with Gasteiger partial charge in [-0.2, -0.15) is 0 Å². The molecule has 1 aromatic heterocycles. The standard InChI is InChI=1S/C17H18ClNO3/c1-4-21-17(20)14-15(11(2)12(3)19-16(14)18)22-10-13-8-6-5-7-9-13/h5-9H,4,10H2,1-3H3. The zero-order chi connectivity index (χ0) is 16.1. The number of benzene rings is 1. The van der Waals surface area contributed by atoms with Crippen molar-refractivity contribution in [1.29, 1.82) is 0 Å². The van der Waals surface area contributed by atoms with Gasteiger partial charge in [-0.15, -0.1) is 0 Å². The highest BCUT2D eigenvalue weighted by Gasteiger charge is 2.23. The van der Waals surface area contributed by atoms with E-state index < -0.39 is 5.97 Å². The normalized spacial score (nSPS) is 10.4. The number of carbonyl (C=O) groups excluding carboxylic acids is 1. The quantitative estimate of drug-likeness (QED) is 0.614. The van der Waals surface area contributed by atoms with Crippen LogP contribution in [0.5, 0.6) is 5.75 Å². The second kappa shape index (κ2) is 7.27. The Labute approximate surface area is 135 Å². The first-order valence-corrected chi connectivity index (χ1v) is 7.43. The van der Waals surface area contributed by atoms with Crippen LogP contribution in [0.25, 0.3) is 0 Å². The summed E-state index contributed by atoms with van der Waals surface area (Å²) in [5.74, 6) is -0.0917. The van der Waals surface area contributed by atoms with Crippen LogP contribution in [0, 0.1) is 13.8 Å². The first-order valence-electron chi connectivity index (χ1n) is 7.05. The van der Waals surface area contributed by atoms with Crippen LogP contribution in [0.2, 0.25) is 5.15 Å². The van der Waals surface area contributed by atoms with Crippen molar-refractivity contribution in [3.8, 4) is 5.75 Å². The van der Waals surface area contributed by atoms with Crippen LogP contribution in [-0.2, 0) is 11.3 Å². The highest BCUT2D eigenvalue weighted by Crippen LogP contribution is 2.32. The third-order valence-electron chi connectivity index (χ3n) is 3.29. The van der Waals surface area contributed by atoms with Crippen LogP contribution in [0.3, 0.4) is 0 Å². The molecule has 0 saturated carbocycles. The number of aryl methyl sites for hydroxylation is 1. The highest BCUT2D eigenvalue weighted by molar-refractivity contribution is 6.32. The molecular weight excluding hydrogens is 302 g/mol. The molecule has 4 nitrogen and oxygen atoms in total. The van der Waals surface area contributed by atoms with Crippen LogP contribution in [0.4, 0.5) is 0 Å². The number of aromatic nitrogens is 1. The fourth-order valence-electron chi connectivity index (χ4n) is 2.02. The molecular formula is C17H18ClNO3. The molecule has 2 rings (SSSR count). The lowest BCUT2D eigenvalue weighted by Gasteiger charge is -2.16. The van der Waals surface area contributed by atoms with Crippen molar-refractivity contribution < 1.29 is 14.3 Å². The highest BCUT2D eigenvalue weighted by atomic mass is 35.5. The van der Waals surface area contributed by atoms with Crippen molar-refractivity contribution in [1.82, 2.24) is 4.98 Å². The van der Waals surface area contributed by atoms with Gasteiger partial charge in [0.2, 0.25) is 0 Å². The second-order valence-electron chi connectivity index (χ2n) is 4.81. The SMILES string of the molecule is CCOC(=O)c1c(Cl)nc(C)c(C)c1OCc1ccccc1. The van der Waals surface area contributed by atoms with Crippen molar-refractivity contribution in [2.45, 2.75) is 27.4 Å². The van der Waals surface area contributed by atoms with Gasteiger partial charge in [0.05, 0.1) is 6.61 Å². The molecule has 22 heavy (non-hydrogen) atoms. The zero-order valence-corrected chi connectivity index (χ0v) is 13.6. The molecule has 1 aromatic carbocycles. The summed E-state index contributed by atoms with van der Waals surface area (Å²) >= 11 is 6.13. The number of pyridine rings is 1. The second-order valence-corrected chi connectivity index (χ2v) is 5.17. The molecule has 0 aliphatic rings. The van der Waals surface area contributed by atoms with Gasteiger partial charge in [0.25, 0.3) is 0 Å². The van der Waals surface area contributed by atoms with Crippen molar-refractivity contribution in [3.05, 3.63) is 57.9 Å². The summed E-state index contributed by atoms with van der Waals surface area (Å²) in [5.41, 5.74) is 2.69. The van der Waals surface area contributed by atoms with E-state index in [4.69, 9.17) is 21.1 Å².